The summed E-state index contributed by atoms with van der Waals surface area (Å²) in [5, 5.41) is 0. The molecule has 0 radical (unpaired) electrons. The van der Waals surface area contributed by atoms with Crippen molar-refractivity contribution in [2.24, 2.45) is 5.92 Å². The number of nitrogens with zero attached hydrogens (tertiary/aromatic N) is 4. The van der Waals surface area contributed by atoms with Crippen LogP contribution in [-0.2, 0) is 5.41 Å². The van der Waals surface area contributed by atoms with Gasteiger partial charge in [0.15, 0.2) is 17.5 Å². The number of rotatable bonds is 7. The summed E-state index contributed by atoms with van der Waals surface area (Å²) < 4.78 is 0. The molecule has 6 aromatic carbocycles. The SMILES string of the molecule is CC1(C)C2=CCCC=C2c2cccc(C3=CC4=C(CC3)N(c3ccccc3)C3=C(c5cc(-c6ccccc6)cc(-c6nc(-c7ccccc7)nc(-c7ccccc7)n6)c5)C=CCC43)c21. The Balaban J connectivity index is 1.04. The minimum Gasteiger partial charge on any atom is -0.316 e. The molecule has 4 nitrogen and oxygen atoms in total. The number of hydrogen-bond acceptors (Lipinski definition) is 4. The smallest absolute Gasteiger partial charge is 0.164 e. The first kappa shape index (κ1) is 38.3. The first-order chi connectivity index (χ1) is 31.5. The second kappa shape index (κ2) is 15.4. The van der Waals surface area contributed by atoms with Crippen LogP contribution >= 0.6 is 0 Å². The highest BCUT2D eigenvalue weighted by molar-refractivity contribution is 5.95. The molecule has 0 fully saturated rings. The van der Waals surface area contributed by atoms with E-state index in [1.54, 1.807) is 0 Å². The summed E-state index contributed by atoms with van der Waals surface area (Å²) in [6, 6.07) is 56.2. The van der Waals surface area contributed by atoms with E-state index in [1.807, 2.05) is 36.4 Å². The van der Waals surface area contributed by atoms with E-state index in [0.29, 0.717) is 17.5 Å². The summed E-state index contributed by atoms with van der Waals surface area (Å²) in [5.74, 6) is 2.16. The van der Waals surface area contributed by atoms with Crippen molar-refractivity contribution in [2.75, 3.05) is 4.90 Å². The third kappa shape index (κ3) is 6.39. The average Bonchev–Trinajstić information content (AvgIpc) is 3.82. The number of allylic oxidation sites excluding steroid dienone is 11. The van der Waals surface area contributed by atoms with Gasteiger partial charge in [-0.25, -0.2) is 15.0 Å². The topological polar surface area (TPSA) is 41.9 Å². The molecular weight excluding hydrogens is 777 g/mol. The van der Waals surface area contributed by atoms with E-state index in [2.05, 4.69) is 170 Å². The lowest BCUT2D eigenvalue weighted by atomic mass is 9.76. The molecule has 64 heavy (non-hydrogen) atoms. The lowest BCUT2D eigenvalue weighted by Gasteiger charge is -2.30. The van der Waals surface area contributed by atoms with Gasteiger partial charge in [0.05, 0.1) is 0 Å². The molecule has 0 saturated heterocycles. The molecule has 0 bridgehead atoms. The minimum atomic E-state index is -0.0328. The maximum absolute atomic E-state index is 5.21. The summed E-state index contributed by atoms with van der Waals surface area (Å²) in [4.78, 5) is 18.1. The Kier molecular flexibility index (Phi) is 9.22. The van der Waals surface area contributed by atoms with Gasteiger partial charge < -0.3 is 4.90 Å². The van der Waals surface area contributed by atoms with Crippen molar-refractivity contribution < 1.29 is 0 Å². The van der Waals surface area contributed by atoms with E-state index in [1.165, 1.54) is 61.6 Å². The lowest BCUT2D eigenvalue weighted by molar-refractivity contribution is 0.652. The molecule has 1 aromatic heterocycles. The fourth-order valence-corrected chi connectivity index (χ4v) is 11.0. The number of benzene rings is 6. The van der Waals surface area contributed by atoms with Crippen LogP contribution < -0.4 is 4.90 Å². The molecule has 7 aromatic rings. The van der Waals surface area contributed by atoms with Crippen LogP contribution in [0.5, 0.6) is 0 Å². The van der Waals surface area contributed by atoms with Crippen molar-refractivity contribution in [2.45, 2.75) is 51.4 Å². The Morgan fingerprint density at radius 1 is 0.547 bits per heavy atom. The van der Waals surface area contributed by atoms with E-state index in [9.17, 15) is 0 Å². The molecule has 0 spiro atoms. The van der Waals surface area contributed by atoms with Gasteiger partial charge in [0.1, 0.15) is 0 Å². The van der Waals surface area contributed by atoms with Gasteiger partial charge >= 0.3 is 0 Å². The maximum atomic E-state index is 5.21. The molecule has 4 aliphatic carbocycles. The van der Waals surface area contributed by atoms with Crippen LogP contribution in [0.3, 0.4) is 0 Å². The zero-order valence-electron chi connectivity index (χ0n) is 36.3. The van der Waals surface area contributed by atoms with Crippen LogP contribution in [0.15, 0.2) is 211 Å². The van der Waals surface area contributed by atoms with E-state index in [0.717, 1.165) is 65.5 Å². The molecule has 0 saturated carbocycles. The van der Waals surface area contributed by atoms with Gasteiger partial charge in [-0.15, -0.1) is 0 Å². The summed E-state index contributed by atoms with van der Waals surface area (Å²) in [5.41, 5.74) is 21.6. The monoisotopic (exact) mass is 824 g/mol. The second-order valence-corrected chi connectivity index (χ2v) is 18.1. The van der Waals surface area contributed by atoms with Crippen molar-refractivity contribution in [3.05, 3.63) is 233 Å². The summed E-state index contributed by atoms with van der Waals surface area (Å²) in [6.07, 6.45) is 17.5. The molecule has 1 aliphatic heterocycles. The Bertz CT molecular complexity index is 3130. The van der Waals surface area contributed by atoms with Gasteiger partial charge in [-0.3, -0.25) is 0 Å². The van der Waals surface area contributed by atoms with E-state index in [4.69, 9.17) is 15.0 Å². The van der Waals surface area contributed by atoms with Crippen LogP contribution in [0.1, 0.15) is 68.2 Å². The molecule has 1 atom stereocenters. The quantitative estimate of drug-likeness (QED) is 0.161. The number of fused-ring (bicyclic) bond motifs is 5. The van der Waals surface area contributed by atoms with Crippen LogP contribution in [0, 0.1) is 5.92 Å². The third-order valence-electron chi connectivity index (χ3n) is 13.9. The van der Waals surface area contributed by atoms with E-state index < -0.39 is 0 Å². The van der Waals surface area contributed by atoms with Gasteiger partial charge in [0.2, 0.25) is 0 Å². The molecule has 5 aliphatic rings. The van der Waals surface area contributed by atoms with Crippen molar-refractivity contribution in [1.29, 1.82) is 0 Å². The second-order valence-electron chi connectivity index (χ2n) is 18.1. The fraction of sp³-hybridized carbons (Fsp3) is 0.150. The molecular formula is C60H48N4. The zero-order valence-corrected chi connectivity index (χ0v) is 36.3. The van der Waals surface area contributed by atoms with Gasteiger partial charge in [0, 0.05) is 50.7 Å². The normalized spacial score (nSPS) is 18.2. The number of aromatic nitrogens is 3. The van der Waals surface area contributed by atoms with Crippen molar-refractivity contribution in [1.82, 2.24) is 15.0 Å². The zero-order chi connectivity index (χ0) is 42.8. The first-order valence-corrected chi connectivity index (χ1v) is 22.8. The molecule has 12 rings (SSSR count). The van der Waals surface area contributed by atoms with E-state index >= 15 is 0 Å². The average molecular weight is 825 g/mol. The van der Waals surface area contributed by atoms with Crippen LogP contribution in [0.4, 0.5) is 5.69 Å². The Morgan fingerprint density at radius 2 is 1.12 bits per heavy atom. The predicted octanol–water partition coefficient (Wildman–Crippen LogP) is 14.9. The van der Waals surface area contributed by atoms with Crippen molar-refractivity contribution in [3.8, 4) is 45.3 Å². The predicted molar refractivity (Wildman–Crippen MR) is 264 cm³/mol. The van der Waals surface area contributed by atoms with Crippen LogP contribution in [-0.4, -0.2) is 15.0 Å². The number of anilines is 1. The Labute approximate surface area is 376 Å². The molecule has 1 unspecified atom stereocenters. The number of hydrogen-bond donors (Lipinski definition) is 0. The minimum absolute atomic E-state index is 0.0328. The van der Waals surface area contributed by atoms with Crippen molar-refractivity contribution in [3.63, 3.8) is 0 Å². The molecule has 4 heteroatoms. The van der Waals surface area contributed by atoms with Gasteiger partial charge in [-0.05, 0) is 118 Å². The third-order valence-corrected chi connectivity index (χ3v) is 13.9. The fourth-order valence-electron chi connectivity index (χ4n) is 11.0. The summed E-state index contributed by atoms with van der Waals surface area (Å²) >= 11 is 0. The van der Waals surface area contributed by atoms with Crippen molar-refractivity contribution >= 4 is 22.4 Å². The van der Waals surface area contributed by atoms with Gasteiger partial charge in [-0.2, -0.15) is 0 Å². The molecule has 0 amide bonds. The van der Waals surface area contributed by atoms with E-state index in [-0.39, 0.29) is 11.3 Å². The summed E-state index contributed by atoms with van der Waals surface area (Å²) in [6.45, 7) is 4.87. The van der Waals surface area contributed by atoms with Crippen LogP contribution in [0.25, 0.3) is 62.0 Å². The largest absolute Gasteiger partial charge is 0.316 e. The summed E-state index contributed by atoms with van der Waals surface area (Å²) in [7, 11) is 0. The maximum Gasteiger partial charge on any atom is 0.164 e. The first-order valence-electron chi connectivity index (χ1n) is 22.8. The Hall–Kier alpha value is -7.43. The molecule has 2 heterocycles. The molecule has 308 valence electrons. The lowest BCUT2D eigenvalue weighted by Crippen LogP contribution is -2.22. The molecule has 0 N–H and O–H groups in total. The standard InChI is InChI=1S/C60H48N4/c1-60(2)53-32-16-15-27-49(53)50-30-17-28-47(55(50)60)42-33-34-54-52(38-42)51-31-18-29-48(56(51)64(54)46-25-13-6-14-26-46)44-35-43(39-19-7-3-8-20-39)36-45(37-44)59-62-57(40-21-9-4-10-22-40)61-58(63-59)41-23-11-5-12-24-41/h3-14,17-30,32,35-38,51H,15-16,31,33-34H2,1-2H3. The highest BCUT2D eigenvalue weighted by atomic mass is 15.2. The van der Waals surface area contributed by atoms with Crippen LogP contribution in [0.2, 0.25) is 0 Å². The highest BCUT2D eigenvalue weighted by Gasteiger charge is 2.43. The van der Waals surface area contributed by atoms with Gasteiger partial charge in [-0.1, -0.05) is 172 Å². The Morgan fingerprint density at radius 3 is 1.81 bits per heavy atom. The number of para-hydroxylation sites is 1. The highest BCUT2D eigenvalue weighted by Crippen LogP contribution is 2.56. The van der Waals surface area contributed by atoms with Gasteiger partial charge in [0.25, 0.3) is 0 Å².